The van der Waals surface area contributed by atoms with Crippen LogP contribution in [0.1, 0.15) is 0 Å². The van der Waals surface area contributed by atoms with Crippen LogP contribution in [-0.2, 0) is 0 Å². The molecule has 0 fully saturated rings. The number of benzene rings is 1. The second-order valence-corrected chi connectivity index (χ2v) is 3.67. The van der Waals surface area contributed by atoms with Crippen LogP contribution in [0.25, 0.3) is 21.5 Å². The Morgan fingerprint density at radius 2 is 1.12 bits per heavy atom. The number of aromatic nitrogens is 2. The number of anilines is 2. The highest BCUT2D eigenvalue weighted by Gasteiger charge is 2.09. The molecule has 2 heterocycles. The summed E-state index contributed by atoms with van der Waals surface area (Å²) in [5.41, 5.74) is 13.2. The minimum atomic E-state index is 0.608. The molecule has 0 saturated carbocycles. The van der Waals surface area contributed by atoms with Gasteiger partial charge < -0.3 is 11.5 Å². The highest BCUT2D eigenvalue weighted by Crippen LogP contribution is 2.35. The van der Waals surface area contributed by atoms with E-state index >= 15 is 0 Å². The summed E-state index contributed by atoms with van der Waals surface area (Å²) in [6.07, 6.45) is 6.99. The van der Waals surface area contributed by atoms with Gasteiger partial charge in [-0.1, -0.05) is 0 Å². The Morgan fingerprint density at radius 3 is 1.56 bits per heavy atom. The van der Waals surface area contributed by atoms with Crippen LogP contribution >= 0.6 is 0 Å². The highest BCUT2D eigenvalue weighted by molar-refractivity contribution is 6.18. The summed E-state index contributed by atoms with van der Waals surface area (Å²) in [4.78, 5) is 8.22. The Kier molecular flexibility index (Phi) is 1.71. The Bertz CT molecular complexity index is 630. The molecule has 16 heavy (non-hydrogen) atoms. The topological polar surface area (TPSA) is 77.8 Å². The smallest absolute Gasteiger partial charge is 0.0635 e. The maximum atomic E-state index is 6.01. The number of fused-ring (bicyclic) bond motifs is 3. The highest BCUT2D eigenvalue weighted by atomic mass is 14.7. The fraction of sp³-hybridized carbons (Fsp3) is 0. The molecule has 4 heteroatoms. The number of hydrogen-bond acceptors (Lipinski definition) is 4. The second-order valence-electron chi connectivity index (χ2n) is 3.67. The quantitative estimate of drug-likeness (QED) is 0.337. The van der Waals surface area contributed by atoms with E-state index in [4.69, 9.17) is 11.5 Å². The lowest BCUT2D eigenvalue weighted by Crippen LogP contribution is -1.98. The summed E-state index contributed by atoms with van der Waals surface area (Å²) in [5, 5.41) is 3.82. The van der Waals surface area contributed by atoms with Gasteiger partial charge in [-0.05, 0) is 12.1 Å². The standard InChI is InChI=1S/C12H10N4/c13-11-7-1-3-15-5-9(7)10-6-16-4-2-8(10)12(11)14/h1-6H,13-14H2. The van der Waals surface area contributed by atoms with E-state index in [0.29, 0.717) is 11.4 Å². The summed E-state index contributed by atoms with van der Waals surface area (Å²) in [6.45, 7) is 0. The Balaban J connectivity index is 2.69. The third kappa shape index (κ3) is 1.04. The van der Waals surface area contributed by atoms with E-state index in [1.54, 1.807) is 24.8 Å². The van der Waals surface area contributed by atoms with Crippen LogP contribution in [-0.4, -0.2) is 9.97 Å². The number of nitrogens with zero attached hydrogens (tertiary/aromatic N) is 2. The van der Waals surface area contributed by atoms with Gasteiger partial charge in [0.1, 0.15) is 0 Å². The molecular weight excluding hydrogens is 200 g/mol. The Labute approximate surface area is 91.9 Å². The van der Waals surface area contributed by atoms with Gasteiger partial charge in [-0.25, -0.2) is 0 Å². The van der Waals surface area contributed by atoms with Gasteiger partial charge in [0.15, 0.2) is 0 Å². The van der Waals surface area contributed by atoms with Gasteiger partial charge >= 0.3 is 0 Å². The summed E-state index contributed by atoms with van der Waals surface area (Å²) >= 11 is 0. The van der Waals surface area contributed by atoms with E-state index in [9.17, 15) is 0 Å². The lowest BCUT2D eigenvalue weighted by molar-refractivity contribution is 1.35. The predicted molar refractivity (Wildman–Crippen MR) is 65.9 cm³/mol. The first-order chi connectivity index (χ1) is 7.79. The van der Waals surface area contributed by atoms with Crippen LogP contribution in [0.3, 0.4) is 0 Å². The maximum absolute atomic E-state index is 6.01. The average Bonchev–Trinajstić information content (AvgIpc) is 2.36. The molecule has 0 radical (unpaired) electrons. The van der Waals surface area contributed by atoms with Crippen molar-refractivity contribution in [1.29, 1.82) is 0 Å². The number of nitrogens with two attached hydrogens (primary N) is 2. The summed E-state index contributed by atoms with van der Waals surface area (Å²) < 4.78 is 0. The van der Waals surface area contributed by atoms with E-state index in [1.807, 2.05) is 12.1 Å². The predicted octanol–water partition coefficient (Wildman–Crippen LogP) is 1.95. The molecular formula is C12H10N4. The normalized spacial score (nSPS) is 11.0. The van der Waals surface area contributed by atoms with Gasteiger partial charge in [-0.2, -0.15) is 0 Å². The first kappa shape index (κ1) is 8.91. The van der Waals surface area contributed by atoms with Gasteiger partial charge in [0, 0.05) is 46.3 Å². The zero-order valence-corrected chi connectivity index (χ0v) is 8.51. The zero-order chi connectivity index (χ0) is 11.1. The minimum Gasteiger partial charge on any atom is -0.397 e. The van der Waals surface area contributed by atoms with Gasteiger partial charge in [0.05, 0.1) is 11.4 Å². The third-order valence-corrected chi connectivity index (χ3v) is 2.80. The molecule has 3 aromatic rings. The van der Waals surface area contributed by atoms with Crippen molar-refractivity contribution in [2.75, 3.05) is 11.5 Å². The molecule has 4 N–H and O–H groups in total. The Hall–Kier alpha value is -2.36. The lowest BCUT2D eigenvalue weighted by atomic mass is 10.0. The van der Waals surface area contributed by atoms with Crippen LogP contribution in [0.2, 0.25) is 0 Å². The number of hydrogen-bond donors (Lipinski definition) is 2. The van der Waals surface area contributed by atoms with E-state index in [0.717, 1.165) is 21.5 Å². The molecule has 3 rings (SSSR count). The fourth-order valence-corrected chi connectivity index (χ4v) is 1.98. The van der Waals surface area contributed by atoms with Crippen molar-refractivity contribution < 1.29 is 0 Å². The number of rotatable bonds is 0. The van der Waals surface area contributed by atoms with Crippen molar-refractivity contribution in [3.63, 3.8) is 0 Å². The molecule has 0 aliphatic carbocycles. The SMILES string of the molecule is Nc1c(N)c2ccncc2c2cnccc12. The average molecular weight is 210 g/mol. The van der Waals surface area contributed by atoms with Gasteiger partial charge in [-0.15, -0.1) is 0 Å². The van der Waals surface area contributed by atoms with Crippen molar-refractivity contribution in [3.05, 3.63) is 36.9 Å². The number of pyridine rings is 2. The summed E-state index contributed by atoms with van der Waals surface area (Å²) in [7, 11) is 0. The van der Waals surface area contributed by atoms with Crippen molar-refractivity contribution in [2.24, 2.45) is 0 Å². The first-order valence-corrected chi connectivity index (χ1v) is 4.93. The Morgan fingerprint density at radius 1 is 0.688 bits per heavy atom. The molecule has 0 spiro atoms. The largest absolute Gasteiger partial charge is 0.397 e. The van der Waals surface area contributed by atoms with Crippen molar-refractivity contribution in [2.45, 2.75) is 0 Å². The molecule has 0 atom stereocenters. The molecule has 2 aromatic heterocycles. The van der Waals surface area contributed by atoms with Gasteiger partial charge in [0.25, 0.3) is 0 Å². The molecule has 0 aliphatic heterocycles. The van der Waals surface area contributed by atoms with Crippen LogP contribution < -0.4 is 11.5 Å². The zero-order valence-electron chi connectivity index (χ0n) is 8.51. The van der Waals surface area contributed by atoms with Crippen LogP contribution in [0.15, 0.2) is 36.9 Å². The van der Waals surface area contributed by atoms with Gasteiger partial charge in [0.2, 0.25) is 0 Å². The van der Waals surface area contributed by atoms with E-state index < -0.39 is 0 Å². The lowest BCUT2D eigenvalue weighted by Gasteiger charge is -2.09. The van der Waals surface area contributed by atoms with E-state index in [-0.39, 0.29) is 0 Å². The molecule has 4 nitrogen and oxygen atoms in total. The first-order valence-electron chi connectivity index (χ1n) is 4.93. The molecule has 0 aliphatic rings. The monoisotopic (exact) mass is 210 g/mol. The molecule has 0 unspecified atom stereocenters. The molecule has 0 saturated heterocycles. The van der Waals surface area contributed by atoms with Crippen LogP contribution in [0.4, 0.5) is 11.4 Å². The van der Waals surface area contributed by atoms with Crippen molar-refractivity contribution in [1.82, 2.24) is 9.97 Å². The van der Waals surface area contributed by atoms with E-state index in [2.05, 4.69) is 9.97 Å². The minimum absolute atomic E-state index is 0.608. The summed E-state index contributed by atoms with van der Waals surface area (Å²) in [6, 6.07) is 3.74. The van der Waals surface area contributed by atoms with Crippen molar-refractivity contribution in [3.8, 4) is 0 Å². The molecule has 0 amide bonds. The second kappa shape index (κ2) is 3.06. The van der Waals surface area contributed by atoms with Crippen molar-refractivity contribution >= 4 is 32.9 Å². The number of nitrogen functional groups attached to an aromatic ring is 2. The maximum Gasteiger partial charge on any atom is 0.0635 e. The molecule has 0 bridgehead atoms. The van der Waals surface area contributed by atoms with Crippen LogP contribution in [0, 0.1) is 0 Å². The van der Waals surface area contributed by atoms with Crippen LogP contribution in [0.5, 0.6) is 0 Å². The molecule has 78 valence electrons. The third-order valence-electron chi connectivity index (χ3n) is 2.80. The fourth-order valence-electron chi connectivity index (χ4n) is 1.98. The molecule has 1 aromatic carbocycles. The summed E-state index contributed by atoms with van der Waals surface area (Å²) in [5.74, 6) is 0. The van der Waals surface area contributed by atoms with E-state index in [1.165, 1.54) is 0 Å². The van der Waals surface area contributed by atoms with Gasteiger partial charge in [-0.3, -0.25) is 9.97 Å².